The van der Waals surface area contributed by atoms with E-state index in [1.54, 1.807) is 0 Å². The largest absolute Gasteiger partial charge is 0.272 e. The maximum absolute atomic E-state index is 8.52. The van der Waals surface area contributed by atoms with E-state index < -0.39 is 10.8 Å². The number of rotatable bonds is 6. The van der Waals surface area contributed by atoms with Crippen molar-refractivity contribution in [2.75, 3.05) is 4.90 Å². The first-order chi connectivity index (χ1) is 20.2. The van der Waals surface area contributed by atoms with Crippen LogP contribution in [0.1, 0.15) is 38.8 Å². The molecule has 2 aliphatic heterocycles. The van der Waals surface area contributed by atoms with E-state index >= 15 is 0 Å². The van der Waals surface area contributed by atoms with Crippen molar-refractivity contribution < 1.29 is 33.8 Å². The topological polar surface area (TPSA) is 83.6 Å². The van der Waals surface area contributed by atoms with Gasteiger partial charge in [0.2, 0.25) is 17.4 Å². The summed E-state index contributed by atoms with van der Waals surface area (Å²) in [6.45, 7) is 8.55. The van der Waals surface area contributed by atoms with Gasteiger partial charge in [-0.2, -0.15) is 0 Å². The molecule has 0 spiro atoms. The Morgan fingerprint density at radius 3 is 2.43 bits per heavy atom. The summed E-state index contributed by atoms with van der Waals surface area (Å²) in [6.07, 6.45) is 6.05. The average Bonchev–Trinajstić information content (AvgIpc) is 3.32. The number of hydrogen-bond donors (Lipinski definition) is 2. The predicted octanol–water partition coefficient (Wildman–Crippen LogP) is 8.08. The summed E-state index contributed by atoms with van der Waals surface area (Å²) in [7, 11) is 0. The third-order valence-electron chi connectivity index (χ3n) is 7.44. The molecule has 3 aromatic rings. The third kappa shape index (κ3) is 5.58. The van der Waals surface area contributed by atoms with Crippen LogP contribution in [0.25, 0.3) is 10.8 Å². The fourth-order valence-corrected chi connectivity index (χ4v) is 6.18. The molecule has 0 radical (unpaired) electrons. The zero-order valence-electron chi connectivity index (χ0n) is 23.0. The van der Waals surface area contributed by atoms with E-state index in [1.807, 2.05) is 58.0 Å². The van der Waals surface area contributed by atoms with Gasteiger partial charge in [-0.1, -0.05) is 65.9 Å². The van der Waals surface area contributed by atoms with Gasteiger partial charge < -0.3 is 0 Å². The number of halogens is 1. The second-order valence-electron chi connectivity index (χ2n) is 10.4. The SMILES string of the molecule is CC1(C)C(/C=C/C=C2\N(C#CSOOO)c3ccc(Cl)cc3C2(C)C)=[N+](C#CSOOO)c2ccc3ccccc3c21. The van der Waals surface area contributed by atoms with Gasteiger partial charge in [0.1, 0.15) is 24.1 Å². The summed E-state index contributed by atoms with van der Waals surface area (Å²) in [4.78, 5) is 1.87. The summed E-state index contributed by atoms with van der Waals surface area (Å²) in [5.74, 6) is 0. The Kier molecular flexibility index (Phi) is 9.02. The van der Waals surface area contributed by atoms with Crippen LogP contribution < -0.4 is 4.90 Å². The van der Waals surface area contributed by atoms with E-state index in [2.05, 4.69) is 93.3 Å². The van der Waals surface area contributed by atoms with Crippen LogP contribution in [0.2, 0.25) is 5.02 Å². The highest BCUT2D eigenvalue weighted by Gasteiger charge is 2.46. The summed E-state index contributed by atoms with van der Waals surface area (Å²) in [5, 5.41) is 32.9. The van der Waals surface area contributed by atoms with Gasteiger partial charge in [-0.25, -0.2) is 10.5 Å². The van der Waals surface area contributed by atoms with E-state index in [0.717, 1.165) is 44.7 Å². The molecule has 2 heterocycles. The molecule has 8 nitrogen and oxygen atoms in total. The highest BCUT2D eigenvalue weighted by molar-refractivity contribution is 7.99. The van der Waals surface area contributed by atoms with Crippen LogP contribution in [0.15, 0.2) is 78.5 Å². The molecule has 2 aliphatic rings. The maximum atomic E-state index is 8.52. The summed E-state index contributed by atoms with van der Waals surface area (Å²) < 4.78 is 10.9. The minimum absolute atomic E-state index is 0.404. The predicted molar refractivity (Wildman–Crippen MR) is 166 cm³/mol. The summed E-state index contributed by atoms with van der Waals surface area (Å²) in [6, 6.07) is 24.3. The monoisotopic (exact) mass is 621 g/mol. The molecule has 0 bridgehead atoms. The van der Waals surface area contributed by atoms with Crippen LogP contribution in [0.5, 0.6) is 0 Å². The van der Waals surface area contributed by atoms with Gasteiger partial charge in [0.15, 0.2) is 0 Å². The minimum atomic E-state index is -0.426. The molecule has 2 N–H and O–H groups in total. The molecule has 42 heavy (non-hydrogen) atoms. The van der Waals surface area contributed by atoms with Gasteiger partial charge >= 0.3 is 0 Å². The molecule has 0 aromatic heterocycles. The lowest BCUT2D eigenvalue weighted by Crippen LogP contribution is -2.27. The molecule has 0 saturated heterocycles. The van der Waals surface area contributed by atoms with E-state index in [9.17, 15) is 0 Å². The van der Waals surface area contributed by atoms with E-state index in [4.69, 9.17) is 22.1 Å². The van der Waals surface area contributed by atoms with Crippen LogP contribution in [0.4, 0.5) is 11.4 Å². The van der Waals surface area contributed by atoms with Crippen LogP contribution in [-0.2, 0) is 29.6 Å². The van der Waals surface area contributed by atoms with Crippen molar-refractivity contribution in [3.8, 4) is 22.6 Å². The molecule has 0 fully saturated rings. The molecule has 3 aromatic carbocycles. The van der Waals surface area contributed by atoms with Gasteiger partial charge in [-0.15, -0.1) is 13.2 Å². The van der Waals surface area contributed by atoms with Crippen LogP contribution in [-0.4, -0.2) is 20.8 Å². The molecule has 5 rings (SSSR count). The second kappa shape index (κ2) is 12.5. The number of benzene rings is 3. The Balaban J connectivity index is 1.61. The Bertz CT molecular complexity index is 1760. The van der Waals surface area contributed by atoms with Gasteiger partial charge in [0.25, 0.3) is 0 Å². The van der Waals surface area contributed by atoms with Gasteiger partial charge in [-0.05, 0) is 60.5 Å². The molecule has 0 unspecified atom stereocenters. The van der Waals surface area contributed by atoms with Crippen molar-refractivity contribution in [1.29, 1.82) is 0 Å². The van der Waals surface area contributed by atoms with Crippen molar-refractivity contribution in [3.63, 3.8) is 0 Å². The number of allylic oxidation sites excluding steroid dienone is 4. The summed E-state index contributed by atoms with van der Waals surface area (Å²) in [5.41, 5.74) is 5.07. The van der Waals surface area contributed by atoms with Crippen LogP contribution >= 0.6 is 35.7 Å². The highest BCUT2D eigenvalue weighted by Crippen LogP contribution is 2.48. The standard InChI is InChI=1S/C31H25ClN2O6S2/c1-30(2)24-20-22(32)13-15-25(24)33(16-18-41-39-37-35)27(30)10-7-11-28-31(3,4)29-23-9-6-5-8-21(23)12-14-26(29)34(28)17-19-42-40-38-36/h5-15,20H,1-4H3,(H-,35,36)/p+1. The first-order valence-corrected chi connectivity index (χ1v) is 14.6. The molecular formula is C31H26ClN2O6S2+. The van der Waals surface area contributed by atoms with E-state index in [1.165, 1.54) is 0 Å². The maximum Gasteiger partial charge on any atom is 0.244 e. The number of hydrogen-bond acceptors (Lipinski definition) is 9. The van der Waals surface area contributed by atoms with Crippen LogP contribution in [0, 0.1) is 22.6 Å². The van der Waals surface area contributed by atoms with Crippen molar-refractivity contribution in [2.45, 2.75) is 38.5 Å². The van der Waals surface area contributed by atoms with Gasteiger partial charge in [0, 0.05) is 45.1 Å². The number of fused-ring (bicyclic) bond motifs is 4. The van der Waals surface area contributed by atoms with Crippen molar-refractivity contribution in [1.82, 2.24) is 0 Å². The molecule has 11 heteroatoms. The smallest absolute Gasteiger partial charge is 0.244 e. The molecular weight excluding hydrogens is 596 g/mol. The summed E-state index contributed by atoms with van der Waals surface area (Å²) >= 11 is 7.70. The van der Waals surface area contributed by atoms with Crippen molar-refractivity contribution in [2.24, 2.45) is 0 Å². The van der Waals surface area contributed by atoms with Gasteiger partial charge in [-0.3, -0.25) is 4.90 Å². The zero-order chi connectivity index (χ0) is 29.9. The third-order valence-corrected chi connectivity index (χ3v) is 8.29. The lowest BCUT2D eigenvalue weighted by Gasteiger charge is -2.22. The first kappa shape index (κ1) is 30.2. The molecule has 0 atom stereocenters. The van der Waals surface area contributed by atoms with Crippen LogP contribution in [0.3, 0.4) is 0 Å². The van der Waals surface area contributed by atoms with Crippen molar-refractivity contribution in [3.05, 3.63) is 94.7 Å². The van der Waals surface area contributed by atoms with Crippen molar-refractivity contribution >= 4 is 63.5 Å². The number of nitrogens with zero attached hydrogens (tertiary/aromatic N) is 2. The van der Waals surface area contributed by atoms with E-state index in [0.29, 0.717) is 29.1 Å². The second-order valence-corrected chi connectivity index (χ2v) is 11.9. The highest BCUT2D eigenvalue weighted by atomic mass is 35.5. The molecule has 0 saturated carbocycles. The average molecular weight is 622 g/mol. The molecule has 0 amide bonds. The van der Waals surface area contributed by atoms with Gasteiger partial charge in [0.05, 0.1) is 16.4 Å². The fraction of sp³-hybridized carbons (Fsp3) is 0.194. The Hall–Kier alpha value is -3.26. The zero-order valence-corrected chi connectivity index (χ0v) is 25.4. The Labute approximate surface area is 257 Å². The normalized spacial score (nSPS) is 17.3. The lowest BCUT2D eigenvalue weighted by molar-refractivity contribution is -0.431. The molecule has 0 aliphatic carbocycles. The Morgan fingerprint density at radius 1 is 0.929 bits per heavy atom. The molecule has 214 valence electrons. The lowest BCUT2D eigenvalue weighted by atomic mass is 9.79. The first-order valence-electron chi connectivity index (χ1n) is 12.7. The fourth-order valence-electron chi connectivity index (χ4n) is 5.62. The Morgan fingerprint density at radius 2 is 1.67 bits per heavy atom. The minimum Gasteiger partial charge on any atom is -0.272 e. The quantitative estimate of drug-likeness (QED) is 0.0708. The number of anilines is 1. The van der Waals surface area contributed by atoms with E-state index in [-0.39, 0.29) is 0 Å².